The van der Waals surface area contributed by atoms with Crippen LogP contribution in [-0.2, 0) is 0 Å². The molecule has 0 fully saturated rings. The van der Waals surface area contributed by atoms with Gasteiger partial charge < -0.3 is 5.11 Å². The predicted octanol–water partition coefficient (Wildman–Crippen LogP) is 2.98. The van der Waals surface area contributed by atoms with Crippen molar-refractivity contribution < 1.29 is 19.2 Å². The third-order valence-corrected chi connectivity index (χ3v) is 3.31. The van der Waals surface area contributed by atoms with Gasteiger partial charge in [-0.25, -0.2) is 14.2 Å². The van der Waals surface area contributed by atoms with Crippen LogP contribution in [0.15, 0.2) is 46.5 Å². The molecule has 0 bridgehead atoms. The van der Waals surface area contributed by atoms with E-state index in [4.69, 9.17) is 5.11 Å². The van der Waals surface area contributed by atoms with E-state index < -0.39 is 22.4 Å². The fraction of sp³-hybridized carbons (Fsp3) is 0. The van der Waals surface area contributed by atoms with Gasteiger partial charge in [0.2, 0.25) is 0 Å². The van der Waals surface area contributed by atoms with Gasteiger partial charge in [0.25, 0.3) is 5.69 Å². The Morgan fingerprint density at radius 1 is 1.35 bits per heavy atom. The zero-order valence-corrected chi connectivity index (χ0v) is 10.6. The summed E-state index contributed by atoms with van der Waals surface area (Å²) in [5.41, 5.74) is -0.371. The van der Waals surface area contributed by atoms with Crippen molar-refractivity contribution >= 4 is 23.4 Å². The highest BCUT2D eigenvalue weighted by Gasteiger charge is 2.17. The summed E-state index contributed by atoms with van der Waals surface area (Å²) in [6.07, 6.45) is 1.29. The second-order valence-corrected chi connectivity index (χ2v) is 4.72. The van der Waals surface area contributed by atoms with Crippen LogP contribution < -0.4 is 0 Å². The lowest BCUT2D eigenvalue weighted by molar-refractivity contribution is -0.387. The van der Waals surface area contributed by atoms with Gasteiger partial charge in [0.15, 0.2) is 0 Å². The van der Waals surface area contributed by atoms with E-state index in [9.17, 15) is 19.3 Å². The molecule has 0 amide bonds. The van der Waals surface area contributed by atoms with Crippen molar-refractivity contribution in [3.63, 3.8) is 0 Å². The topological polar surface area (TPSA) is 93.3 Å². The highest BCUT2D eigenvalue weighted by Crippen LogP contribution is 2.34. The summed E-state index contributed by atoms with van der Waals surface area (Å²) in [6, 6.07) is 5.76. The van der Waals surface area contributed by atoms with Crippen LogP contribution in [0.25, 0.3) is 0 Å². The van der Waals surface area contributed by atoms with E-state index in [0.717, 1.165) is 23.9 Å². The molecule has 1 aromatic carbocycles. The van der Waals surface area contributed by atoms with Crippen molar-refractivity contribution in [1.29, 1.82) is 0 Å². The number of benzene rings is 1. The van der Waals surface area contributed by atoms with Crippen LogP contribution >= 0.6 is 11.8 Å². The number of halogens is 1. The van der Waals surface area contributed by atoms with E-state index in [1.807, 2.05) is 0 Å². The average Bonchev–Trinajstić information content (AvgIpc) is 2.41. The van der Waals surface area contributed by atoms with Gasteiger partial charge in [-0.1, -0.05) is 11.8 Å². The summed E-state index contributed by atoms with van der Waals surface area (Å²) in [4.78, 5) is 25.1. The first-order chi connectivity index (χ1) is 9.47. The number of aromatic carboxylic acids is 1. The minimum Gasteiger partial charge on any atom is -0.478 e. The number of hydrogen-bond acceptors (Lipinski definition) is 5. The first kappa shape index (κ1) is 13.9. The molecular weight excluding hydrogens is 287 g/mol. The van der Waals surface area contributed by atoms with Crippen LogP contribution in [0.2, 0.25) is 0 Å². The molecule has 0 unspecified atom stereocenters. The highest BCUT2D eigenvalue weighted by atomic mass is 32.2. The monoisotopic (exact) mass is 294 g/mol. The molecule has 1 heterocycles. The third-order valence-electron chi connectivity index (χ3n) is 2.31. The Morgan fingerprint density at radius 2 is 2.10 bits per heavy atom. The van der Waals surface area contributed by atoms with Crippen molar-refractivity contribution in [3.8, 4) is 0 Å². The van der Waals surface area contributed by atoms with Gasteiger partial charge in [-0.05, 0) is 24.3 Å². The molecule has 0 atom stereocenters. The van der Waals surface area contributed by atoms with E-state index in [1.54, 1.807) is 0 Å². The molecule has 0 radical (unpaired) electrons. The average molecular weight is 294 g/mol. The van der Waals surface area contributed by atoms with E-state index in [1.165, 1.54) is 24.4 Å². The molecule has 102 valence electrons. The van der Waals surface area contributed by atoms with Gasteiger partial charge in [-0.3, -0.25) is 10.1 Å². The second kappa shape index (κ2) is 5.66. The molecule has 0 aliphatic rings. The fourth-order valence-corrected chi connectivity index (χ4v) is 2.33. The van der Waals surface area contributed by atoms with Gasteiger partial charge in [0.1, 0.15) is 10.8 Å². The fourth-order valence-electron chi connectivity index (χ4n) is 1.43. The van der Waals surface area contributed by atoms with Crippen LogP contribution in [0.5, 0.6) is 0 Å². The van der Waals surface area contributed by atoms with E-state index in [0.29, 0.717) is 0 Å². The maximum atomic E-state index is 13.0. The smallest absolute Gasteiger partial charge is 0.335 e. The number of aromatic nitrogens is 1. The van der Waals surface area contributed by atoms with E-state index >= 15 is 0 Å². The molecule has 0 aliphatic heterocycles. The Balaban J connectivity index is 2.37. The van der Waals surface area contributed by atoms with Gasteiger partial charge in [-0.2, -0.15) is 0 Å². The SMILES string of the molecule is O=C(O)c1ccnc(Sc2ccc(F)cc2[N+](=O)[O-])c1. The molecule has 0 aliphatic carbocycles. The Bertz CT molecular complexity index is 693. The summed E-state index contributed by atoms with van der Waals surface area (Å²) < 4.78 is 13.0. The molecule has 2 rings (SSSR count). The summed E-state index contributed by atoms with van der Waals surface area (Å²) in [5, 5.41) is 20.0. The quantitative estimate of drug-likeness (QED) is 0.688. The first-order valence-corrected chi connectivity index (χ1v) is 6.10. The number of nitrogens with zero attached hydrogens (tertiary/aromatic N) is 2. The van der Waals surface area contributed by atoms with Crippen LogP contribution in [0.4, 0.5) is 10.1 Å². The normalized spacial score (nSPS) is 10.2. The van der Waals surface area contributed by atoms with Crippen molar-refractivity contribution in [2.45, 2.75) is 9.92 Å². The molecule has 8 heteroatoms. The first-order valence-electron chi connectivity index (χ1n) is 5.28. The van der Waals surface area contributed by atoms with Crippen molar-refractivity contribution in [2.24, 2.45) is 0 Å². The van der Waals surface area contributed by atoms with Crippen LogP contribution in [0.3, 0.4) is 0 Å². The Kier molecular flexibility index (Phi) is 3.94. The zero-order valence-electron chi connectivity index (χ0n) is 9.82. The molecule has 20 heavy (non-hydrogen) atoms. The standard InChI is InChI=1S/C12H7FN2O4S/c13-8-1-2-10(9(6-8)15(18)19)20-11-5-7(12(16)17)3-4-14-11/h1-6H,(H,16,17). The van der Waals surface area contributed by atoms with Crippen LogP contribution in [-0.4, -0.2) is 21.0 Å². The molecule has 0 spiro atoms. The van der Waals surface area contributed by atoms with Gasteiger partial charge >= 0.3 is 5.97 Å². The summed E-state index contributed by atoms with van der Waals surface area (Å²) in [6.45, 7) is 0. The summed E-state index contributed by atoms with van der Waals surface area (Å²) in [7, 11) is 0. The Morgan fingerprint density at radius 3 is 2.75 bits per heavy atom. The Hall–Kier alpha value is -2.48. The number of carboxylic acid groups (broad SMARTS) is 1. The summed E-state index contributed by atoms with van der Waals surface area (Å²) >= 11 is 0.900. The summed E-state index contributed by atoms with van der Waals surface area (Å²) in [5.74, 6) is -1.84. The zero-order chi connectivity index (χ0) is 14.7. The lowest BCUT2D eigenvalue weighted by atomic mass is 10.3. The molecule has 2 aromatic rings. The maximum absolute atomic E-state index is 13.0. The molecule has 6 nitrogen and oxygen atoms in total. The number of nitro groups is 1. The van der Waals surface area contributed by atoms with E-state index in [-0.39, 0.29) is 15.5 Å². The second-order valence-electron chi connectivity index (χ2n) is 3.66. The van der Waals surface area contributed by atoms with Crippen molar-refractivity contribution in [3.05, 3.63) is 58.0 Å². The molecule has 0 saturated heterocycles. The minimum absolute atomic E-state index is 0.0206. The maximum Gasteiger partial charge on any atom is 0.335 e. The van der Waals surface area contributed by atoms with Gasteiger partial charge in [0.05, 0.1) is 21.4 Å². The largest absolute Gasteiger partial charge is 0.478 e. The third kappa shape index (κ3) is 3.09. The predicted molar refractivity (Wildman–Crippen MR) is 68.4 cm³/mol. The van der Waals surface area contributed by atoms with E-state index in [2.05, 4.69) is 4.98 Å². The highest BCUT2D eigenvalue weighted by molar-refractivity contribution is 7.99. The lowest BCUT2D eigenvalue weighted by Gasteiger charge is -2.03. The number of rotatable bonds is 4. The molecule has 0 saturated carbocycles. The number of carboxylic acids is 1. The Labute approximate surface area is 116 Å². The lowest BCUT2D eigenvalue weighted by Crippen LogP contribution is -1.97. The molecule has 1 aromatic heterocycles. The van der Waals surface area contributed by atoms with Crippen molar-refractivity contribution in [1.82, 2.24) is 4.98 Å². The number of nitro benzene ring substituents is 1. The number of hydrogen-bond donors (Lipinski definition) is 1. The van der Waals surface area contributed by atoms with Crippen LogP contribution in [0, 0.1) is 15.9 Å². The molecular formula is C12H7FN2O4S. The molecule has 1 N–H and O–H groups in total. The minimum atomic E-state index is -1.12. The number of pyridine rings is 1. The van der Waals surface area contributed by atoms with Crippen molar-refractivity contribution in [2.75, 3.05) is 0 Å². The van der Waals surface area contributed by atoms with Gasteiger partial charge in [-0.15, -0.1) is 0 Å². The van der Waals surface area contributed by atoms with Crippen LogP contribution in [0.1, 0.15) is 10.4 Å². The number of carbonyl (C=O) groups is 1. The van der Waals surface area contributed by atoms with Gasteiger partial charge in [0, 0.05) is 6.20 Å².